The van der Waals surface area contributed by atoms with E-state index in [-0.39, 0.29) is 6.04 Å². The van der Waals surface area contributed by atoms with Gasteiger partial charge in [0, 0.05) is 18.2 Å². The number of halogens is 1. The number of nitrogens with one attached hydrogen (secondary N) is 2. The van der Waals surface area contributed by atoms with Crippen molar-refractivity contribution in [3.05, 3.63) is 84.0 Å². The minimum Gasteiger partial charge on any atom is -0.457 e. The van der Waals surface area contributed by atoms with Crippen molar-refractivity contribution in [2.75, 3.05) is 16.6 Å². The van der Waals surface area contributed by atoms with E-state index in [0.717, 1.165) is 24.1 Å². The predicted octanol–water partition coefficient (Wildman–Crippen LogP) is 3.23. The Morgan fingerprint density at radius 1 is 1.10 bits per heavy atom. The van der Waals surface area contributed by atoms with Crippen LogP contribution >= 0.6 is 0 Å². The first-order valence-corrected chi connectivity index (χ1v) is 13.0. The van der Waals surface area contributed by atoms with E-state index in [1.807, 2.05) is 46.1 Å². The summed E-state index contributed by atoms with van der Waals surface area (Å²) in [6, 6.07) is 15.9. The molecule has 1 unspecified atom stereocenters. The quantitative estimate of drug-likeness (QED) is 0.257. The minimum absolute atomic E-state index is 0.0946. The molecule has 2 heterocycles. The molecule has 1 fully saturated rings. The van der Waals surface area contributed by atoms with Crippen LogP contribution in [0.2, 0.25) is 0 Å². The number of nitrogens with zero attached hydrogens (tertiary/aromatic N) is 4. The second kappa shape index (κ2) is 11.9. The molecule has 1 saturated carbocycles. The van der Waals surface area contributed by atoms with E-state index in [9.17, 15) is 9.59 Å². The Labute approximate surface area is 231 Å². The first-order chi connectivity index (χ1) is 19.4. The van der Waals surface area contributed by atoms with Gasteiger partial charge in [-0.25, -0.2) is 4.39 Å². The van der Waals surface area contributed by atoms with Crippen molar-refractivity contribution in [3.8, 4) is 23.3 Å². The molecule has 40 heavy (non-hydrogen) atoms. The SMILES string of the molecule is CC#CC(=O)NNC(=O)C=C1CCC(N2CN(c3ccc(Oc4ccccc4)cc3F)C(N)c3ccnn32)CC1. The van der Waals surface area contributed by atoms with Gasteiger partial charge in [-0.1, -0.05) is 29.7 Å². The Bertz CT molecular complexity index is 1470. The van der Waals surface area contributed by atoms with Crippen molar-refractivity contribution in [2.45, 2.75) is 44.8 Å². The van der Waals surface area contributed by atoms with Gasteiger partial charge >= 0.3 is 5.91 Å². The molecule has 2 amide bonds. The highest BCUT2D eigenvalue weighted by molar-refractivity contribution is 5.96. The lowest BCUT2D eigenvalue weighted by atomic mass is 9.90. The first kappa shape index (κ1) is 26.8. The molecule has 5 rings (SSSR count). The first-order valence-electron chi connectivity index (χ1n) is 13.0. The van der Waals surface area contributed by atoms with Crippen molar-refractivity contribution >= 4 is 17.5 Å². The van der Waals surface area contributed by atoms with Gasteiger partial charge in [-0.15, -0.1) is 0 Å². The van der Waals surface area contributed by atoms with Crippen molar-refractivity contribution in [2.24, 2.45) is 5.73 Å². The summed E-state index contributed by atoms with van der Waals surface area (Å²) >= 11 is 0. The lowest BCUT2D eigenvalue weighted by Gasteiger charge is -2.46. The molecule has 3 aromatic rings. The molecule has 2 aliphatic rings. The molecule has 2 aromatic carbocycles. The fraction of sp³-hybridized carbons (Fsp3) is 0.276. The summed E-state index contributed by atoms with van der Waals surface area (Å²) in [6.45, 7) is 1.87. The Morgan fingerprint density at radius 3 is 2.60 bits per heavy atom. The van der Waals surface area contributed by atoms with Crippen LogP contribution in [-0.2, 0) is 9.59 Å². The number of nitrogens with two attached hydrogens (primary N) is 1. The van der Waals surface area contributed by atoms with Crippen molar-refractivity contribution in [3.63, 3.8) is 0 Å². The average Bonchev–Trinajstić information content (AvgIpc) is 3.45. The number of hydrogen-bond donors (Lipinski definition) is 3. The van der Waals surface area contributed by atoms with Crippen LogP contribution in [0.5, 0.6) is 11.5 Å². The monoisotopic (exact) mass is 543 g/mol. The van der Waals surface area contributed by atoms with E-state index in [1.54, 1.807) is 18.3 Å². The van der Waals surface area contributed by atoms with Crippen LogP contribution in [0.1, 0.15) is 44.5 Å². The van der Waals surface area contributed by atoms with Crippen LogP contribution < -0.4 is 31.2 Å². The van der Waals surface area contributed by atoms with Crippen LogP contribution in [0.3, 0.4) is 0 Å². The number of allylic oxidation sites excluding steroid dienone is 1. The van der Waals surface area contributed by atoms with Crippen molar-refractivity contribution in [1.29, 1.82) is 0 Å². The van der Waals surface area contributed by atoms with E-state index in [1.165, 1.54) is 19.1 Å². The number of aromatic nitrogens is 2. The van der Waals surface area contributed by atoms with Gasteiger partial charge in [-0.2, -0.15) is 9.89 Å². The van der Waals surface area contributed by atoms with Gasteiger partial charge in [-0.3, -0.25) is 25.4 Å². The molecule has 0 spiro atoms. The van der Waals surface area contributed by atoms with Gasteiger partial charge in [0.1, 0.15) is 30.2 Å². The third kappa shape index (κ3) is 5.92. The lowest BCUT2D eigenvalue weighted by molar-refractivity contribution is -0.123. The zero-order chi connectivity index (χ0) is 28.1. The van der Waals surface area contributed by atoms with Gasteiger partial charge in [0.05, 0.1) is 17.6 Å². The Kier molecular flexibility index (Phi) is 7.98. The fourth-order valence-corrected chi connectivity index (χ4v) is 5.01. The zero-order valence-corrected chi connectivity index (χ0v) is 22.0. The minimum atomic E-state index is -0.593. The van der Waals surface area contributed by atoms with E-state index in [0.29, 0.717) is 36.7 Å². The Balaban J connectivity index is 1.27. The van der Waals surface area contributed by atoms with E-state index in [2.05, 4.69) is 32.8 Å². The number of rotatable bonds is 5. The number of carbonyl (C=O) groups excluding carboxylic acids is 2. The molecule has 0 bridgehead atoms. The van der Waals surface area contributed by atoms with Gasteiger partial charge in [-0.05, 0) is 68.9 Å². The summed E-state index contributed by atoms with van der Waals surface area (Å²) in [6.07, 6.45) is 5.53. The molecule has 0 radical (unpaired) electrons. The number of hydrogen-bond acceptors (Lipinski definition) is 7. The third-order valence-corrected chi connectivity index (χ3v) is 6.93. The predicted molar refractivity (Wildman–Crippen MR) is 148 cm³/mol. The summed E-state index contributed by atoms with van der Waals surface area (Å²) in [7, 11) is 0. The highest BCUT2D eigenvalue weighted by Crippen LogP contribution is 2.35. The van der Waals surface area contributed by atoms with Crippen LogP contribution in [0, 0.1) is 17.7 Å². The summed E-state index contributed by atoms with van der Waals surface area (Å²) in [5.74, 6) is 4.37. The molecular formula is C29H30FN7O3. The number of para-hydroxylation sites is 1. The summed E-state index contributed by atoms with van der Waals surface area (Å²) in [5, 5.41) is 6.58. The molecule has 1 aliphatic heterocycles. The van der Waals surface area contributed by atoms with Gasteiger partial charge in [0.15, 0.2) is 0 Å². The second-order valence-electron chi connectivity index (χ2n) is 9.52. The number of benzene rings is 2. The number of anilines is 1. The second-order valence-corrected chi connectivity index (χ2v) is 9.52. The number of carbonyl (C=O) groups is 2. The number of hydrazine groups is 1. The maximum atomic E-state index is 15.4. The molecule has 206 valence electrons. The van der Waals surface area contributed by atoms with Crippen LogP contribution in [0.25, 0.3) is 0 Å². The standard InChI is InChI=1S/C29H30FN7O3/c1-2-6-27(38)33-34-28(39)17-20-9-11-21(12-10-20)36-19-35(29(31)26-15-16-32-37(26)36)25-14-13-23(18-24(25)30)40-22-7-4-3-5-8-22/h3-5,7-8,13-18,21,29H,9-12,19,31H2,1H3,(H,33,38)(H,34,39). The van der Waals surface area contributed by atoms with E-state index < -0.39 is 23.8 Å². The zero-order valence-electron chi connectivity index (χ0n) is 22.0. The topological polar surface area (TPSA) is 118 Å². The van der Waals surface area contributed by atoms with Crippen LogP contribution in [0.15, 0.2) is 72.4 Å². The molecule has 1 aliphatic carbocycles. The molecular weight excluding hydrogens is 513 g/mol. The third-order valence-electron chi connectivity index (χ3n) is 6.93. The van der Waals surface area contributed by atoms with E-state index >= 15 is 4.39 Å². The molecule has 1 atom stereocenters. The summed E-state index contributed by atoms with van der Waals surface area (Å²) < 4.78 is 21.2. The molecule has 1 aromatic heterocycles. The average molecular weight is 544 g/mol. The number of amides is 2. The summed E-state index contributed by atoms with van der Waals surface area (Å²) in [5.41, 5.74) is 13.3. The van der Waals surface area contributed by atoms with E-state index in [4.69, 9.17) is 10.5 Å². The highest BCUT2D eigenvalue weighted by Gasteiger charge is 2.35. The van der Waals surface area contributed by atoms with Crippen LogP contribution in [-0.4, -0.2) is 34.4 Å². The highest BCUT2D eigenvalue weighted by atomic mass is 19.1. The molecule has 10 nitrogen and oxygen atoms in total. The lowest BCUT2D eigenvalue weighted by Crippen LogP contribution is -2.58. The number of ether oxygens (including phenoxy) is 1. The number of fused-ring (bicyclic) bond motifs is 1. The molecule has 4 N–H and O–H groups in total. The van der Waals surface area contributed by atoms with Crippen LogP contribution in [0.4, 0.5) is 10.1 Å². The smallest absolute Gasteiger partial charge is 0.314 e. The molecule has 11 heteroatoms. The Morgan fingerprint density at radius 2 is 1.88 bits per heavy atom. The fourth-order valence-electron chi connectivity index (χ4n) is 5.01. The maximum Gasteiger partial charge on any atom is 0.314 e. The largest absolute Gasteiger partial charge is 0.457 e. The maximum absolute atomic E-state index is 15.4. The van der Waals surface area contributed by atoms with Gasteiger partial charge in [0.25, 0.3) is 5.91 Å². The van der Waals surface area contributed by atoms with Crippen molar-refractivity contribution in [1.82, 2.24) is 20.7 Å². The Hall–Kier alpha value is -4.82. The molecule has 0 saturated heterocycles. The van der Waals surface area contributed by atoms with Crippen molar-refractivity contribution < 1.29 is 18.7 Å². The normalized spacial score (nSPS) is 18.2. The summed E-state index contributed by atoms with van der Waals surface area (Å²) in [4.78, 5) is 27.2. The van der Waals surface area contributed by atoms with Gasteiger partial charge in [0.2, 0.25) is 0 Å². The van der Waals surface area contributed by atoms with Gasteiger partial charge < -0.3 is 15.4 Å².